The summed E-state index contributed by atoms with van der Waals surface area (Å²) < 4.78 is 0. The first-order chi connectivity index (χ1) is 7.91. The van der Waals surface area contributed by atoms with Crippen molar-refractivity contribution in [3.63, 3.8) is 0 Å². The van der Waals surface area contributed by atoms with E-state index in [0.717, 1.165) is 19.3 Å². The highest BCUT2D eigenvalue weighted by molar-refractivity contribution is 5.79. The van der Waals surface area contributed by atoms with Crippen LogP contribution in [0.25, 0.3) is 0 Å². The maximum Gasteiger partial charge on any atom is 0.133 e. The van der Waals surface area contributed by atoms with Gasteiger partial charge in [0.25, 0.3) is 0 Å². The summed E-state index contributed by atoms with van der Waals surface area (Å²) >= 11 is 0. The van der Waals surface area contributed by atoms with E-state index in [-0.39, 0.29) is 0 Å². The predicted octanol–water partition coefficient (Wildman–Crippen LogP) is 4.17. The molecule has 17 heavy (non-hydrogen) atoms. The molecule has 0 radical (unpaired) electrons. The first kappa shape index (κ1) is 16.3. The molecule has 0 aliphatic rings. The summed E-state index contributed by atoms with van der Waals surface area (Å²) in [5, 5.41) is 0. The lowest BCUT2D eigenvalue weighted by Gasteiger charge is -2.05. The number of Topliss-reactive ketones (excluding diaryl/α,β-unsaturated/α-hetero) is 2. The van der Waals surface area contributed by atoms with E-state index in [2.05, 4.69) is 27.7 Å². The van der Waals surface area contributed by atoms with Crippen LogP contribution in [0.2, 0.25) is 0 Å². The van der Waals surface area contributed by atoms with Crippen LogP contribution in [0.3, 0.4) is 0 Å². The smallest absolute Gasteiger partial charge is 0.133 e. The van der Waals surface area contributed by atoms with Crippen LogP contribution in [-0.2, 0) is 9.59 Å². The van der Waals surface area contributed by atoms with Crippen LogP contribution < -0.4 is 0 Å². The van der Waals surface area contributed by atoms with Crippen LogP contribution in [0, 0.1) is 11.8 Å². The van der Waals surface area contributed by atoms with Gasteiger partial charge in [0.1, 0.15) is 11.6 Å². The van der Waals surface area contributed by atoms with Crippen molar-refractivity contribution in [2.75, 3.05) is 0 Å². The Kier molecular flexibility index (Phi) is 9.01. The van der Waals surface area contributed by atoms with Crippen molar-refractivity contribution in [1.82, 2.24) is 0 Å². The predicted molar refractivity (Wildman–Crippen MR) is 72.0 cm³/mol. The Morgan fingerprint density at radius 2 is 1.06 bits per heavy atom. The molecule has 0 unspecified atom stereocenters. The molecule has 0 spiro atoms. The number of rotatable bonds is 10. The highest BCUT2D eigenvalue weighted by Gasteiger charge is 2.06. The topological polar surface area (TPSA) is 34.1 Å². The second-order valence-corrected chi connectivity index (χ2v) is 5.83. The Hall–Kier alpha value is -0.660. The molecule has 100 valence electrons. The van der Waals surface area contributed by atoms with Crippen LogP contribution in [0.4, 0.5) is 0 Å². The van der Waals surface area contributed by atoms with Gasteiger partial charge in [-0.3, -0.25) is 9.59 Å². The zero-order valence-corrected chi connectivity index (χ0v) is 11.9. The summed E-state index contributed by atoms with van der Waals surface area (Å²) in [6.45, 7) is 8.29. The third-order valence-corrected chi connectivity index (χ3v) is 2.68. The van der Waals surface area contributed by atoms with Gasteiger partial charge >= 0.3 is 0 Å². The van der Waals surface area contributed by atoms with Crippen LogP contribution in [0.15, 0.2) is 0 Å². The molecule has 0 atom stereocenters. The van der Waals surface area contributed by atoms with E-state index in [0.29, 0.717) is 49.1 Å². The van der Waals surface area contributed by atoms with Gasteiger partial charge in [-0.1, -0.05) is 34.1 Å². The lowest BCUT2D eigenvalue weighted by molar-refractivity contribution is -0.120. The van der Waals surface area contributed by atoms with Crippen molar-refractivity contribution in [3.05, 3.63) is 0 Å². The average Bonchev–Trinajstić information content (AvgIpc) is 2.14. The average molecular weight is 240 g/mol. The molecule has 0 aromatic rings. The SMILES string of the molecule is CC(C)CC(=O)CCCCCC(=O)CC(C)C. The molecule has 0 N–H and O–H groups in total. The largest absolute Gasteiger partial charge is 0.300 e. The number of hydrogen-bond donors (Lipinski definition) is 0. The molecule has 0 aliphatic carbocycles. The molecule has 2 heteroatoms. The summed E-state index contributed by atoms with van der Waals surface area (Å²) in [7, 11) is 0. The maximum atomic E-state index is 11.4. The Bertz CT molecular complexity index is 205. The first-order valence-electron chi connectivity index (χ1n) is 6.95. The van der Waals surface area contributed by atoms with Crippen LogP contribution in [0.5, 0.6) is 0 Å². The zero-order valence-electron chi connectivity index (χ0n) is 11.9. The summed E-state index contributed by atoms with van der Waals surface area (Å²) in [5.74, 6) is 1.67. The van der Waals surface area contributed by atoms with E-state index >= 15 is 0 Å². The van der Waals surface area contributed by atoms with E-state index in [4.69, 9.17) is 0 Å². The molecule has 0 heterocycles. The van der Waals surface area contributed by atoms with Crippen molar-refractivity contribution >= 4 is 11.6 Å². The monoisotopic (exact) mass is 240 g/mol. The fraction of sp³-hybridized carbons (Fsp3) is 0.867. The third kappa shape index (κ3) is 11.6. The Balaban J connectivity index is 3.40. The number of hydrogen-bond acceptors (Lipinski definition) is 2. The number of unbranched alkanes of at least 4 members (excludes halogenated alkanes) is 2. The van der Waals surface area contributed by atoms with Crippen LogP contribution >= 0.6 is 0 Å². The molecule has 0 amide bonds. The van der Waals surface area contributed by atoms with Crippen LogP contribution in [0.1, 0.15) is 72.6 Å². The minimum atomic E-state index is 0.369. The third-order valence-electron chi connectivity index (χ3n) is 2.68. The van der Waals surface area contributed by atoms with Crippen LogP contribution in [-0.4, -0.2) is 11.6 Å². The van der Waals surface area contributed by atoms with E-state index in [9.17, 15) is 9.59 Å². The van der Waals surface area contributed by atoms with Crippen molar-refractivity contribution in [2.45, 2.75) is 72.6 Å². The molecule has 0 rings (SSSR count). The van der Waals surface area contributed by atoms with E-state index in [1.165, 1.54) is 0 Å². The van der Waals surface area contributed by atoms with Gasteiger partial charge in [-0.15, -0.1) is 0 Å². The lowest BCUT2D eigenvalue weighted by Crippen LogP contribution is -2.04. The fourth-order valence-corrected chi connectivity index (χ4v) is 1.94. The van der Waals surface area contributed by atoms with Crippen molar-refractivity contribution in [3.8, 4) is 0 Å². The van der Waals surface area contributed by atoms with Gasteiger partial charge in [-0.05, 0) is 24.7 Å². The van der Waals surface area contributed by atoms with Crippen molar-refractivity contribution < 1.29 is 9.59 Å². The second-order valence-electron chi connectivity index (χ2n) is 5.83. The van der Waals surface area contributed by atoms with Gasteiger partial charge < -0.3 is 0 Å². The molecule has 0 fully saturated rings. The van der Waals surface area contributed by atoms with E-state index in [1.54, 1.807) is 0 Å². The van der Waals surface area contributed by atoms with E-state index in [1.807, 2.05) is 0 Å². The first-order valence-corrected chi connectivity index (χ1v) is 6.95. The van der Waals surface area contributed by atoms with Gasteiger partial charge in [0.15, 0.2) is 0 Å². The summed E-state index contributed by atoms with van der Waals surface area (Å²) in [6, 6.07) is 0. The summed E-state index contributed by atoms with van der Waals surface area (Å²) in [5.41, 5.74) is 0. The standard InChI is InChI=1S/C15H28O2/c1-12(2)10-14(16)8-6-5-7-9-15(17)11-13(3)4/h12-13H,5-11H2,1-4H3. The molecule has 2 nitrogen and oxygen atoms in total. The van der Waals surface area contributed by atoms with Gasteiger partial charge in [-0.25, -0.2) is 0 Å². The van der Waals surface area contributed by atoms with E-state index < -0.39 is 0 Å². The zero-order chi connectivity index (χ0) is 13.3. The molecule has 0 aromatic heterocycles. The molecule has 0 saturated carbocycles. The Morgan fingerprint density at radius 3 is 1.35 bits per heavy atom. The quantitative estimate of drug-likeness (QED) is 0.537. The van der Waals surface area contributed by atoms with Gasteiger partial charge in [0.05, 0.1) is 0 Å². The van der Waals surface area contributed by atoms with Gasteiger partial charge in [0, 0.05) is 25.7 Å². The van der Waals surface area contributed by atoms with Crippen molar-refractivity contribution in [2.24, 2.45) is 11.8 Å². The fourth-order valence-electron chi connectivity index (χ4n) is 1.94. The number of carbonyl (C=O) groups is 2. The molecule has 0 bridgehead atoms. The van der Waals surface area contributed by atoms with Gasteiger partial charge in [0.2, 0.25) is 0 Å². The highest BCUT2D eigenvalue weighted by Crippen LogP contribution is 2.10. The molecule has 0 aliphatic heterocycles. The minimum Gasteiger partial charge on any atom is -0.300 e. The summed E-state index contributed by atoms with van der Waals surface area (Å²) in [4.78, 5) is 22.9. The molecule has 0 aromatic carbocycles. The molecular formula is C15H28O2. The maximum absolute atomic E-state index is 11.4. The molecule has 0 saturated heterocycles. The number of ketones is 2. The molecular weight excluding hydrogens is 212 g/mol. The highest BCUT2D eigenvalue weighted by atomic mass is 16.1. The van der Waals surface area contributed by atoms with Crippen molar-refractivity contribution in [1.29, 1.82) is 0 Å². The lowest BCUT2D eigenvalue weighted by atomic mass is 10.00. The minimum absolute atomic E-state index is 0.369. The summed E-state index contributed by atoms with van der Waals surface area (Å²) in [6.07, 6.45) is 5.68. The normalized spacial score (nSPS) is 11.2. The number of carbonyl (C=O) groups excluding carboxylic acids is 2. The van der Waals surface area contributed by atoms with Gasteiger partial charge in [-0.2, -0.15) is 0 Å². The second kappa shape index (κ2) is 9.38. The Morgan fingerprint density at radius 1 is 0.706 bits per heavy atom. The Labute approximate surface area is 106 Å².